The maximum absolute atomic E-state index is 6.17. The van der Waals surface area contributed by atoms with Gasteiger partial charge in [-0.1, -0.05) is 57.5 Å². The highest BCUT2D eigenvalue weighted by Gasteiger charge is 2.26. The number of hydrazone groups is 1. The zero-order chi connectivity index (χ0) is 14.1. The molecule has 0 aliphatic carbocycles. The van der Waals surface area contributed by atoms with Gasteiger partial charge >= 0.3 is 0 Å². The van der Waals surface area contributed by atoms with Gasteiger partial charge in [-0.05, 0) is 31.2 Å². The summed E-state index contributed by atoms with van der Waals surface area (Å²) in [5, 5.41) is 7.45. The molecule has 0 saturated heterocycles. The Morgan fingerprint density at radius 2 is 1.75 bits per heavy atom. The van der Waals surface area contributed by atoms with Crippen LogP contribution in [0.4, 0.5) is 5.69 Å². The summed E-state index contributed by atoms with van der Waals surface area (Å²) in [4.78, 5) is 0. The highest BCUT2D eigenvalue weighted by Crippen LogP contribution is 2.31. The number of hydrogen-bond donors (Lipinski definition) is 1. The maximum Gasteiger partial charge on any atom is 0.152 e. The van der Waals surface area contributed by atoms with E-state index in [0.29, 0.717) is 0 Å². The summed E-state index contributed by atoms with van der Waals surface area (Å²) in [6.45, 7) is 2.07. The first-order valence-electron chi connectivity index (χ1n) is 6.26. The van der Waals surface area contributed by atoms with E-state index in [9.17, 15) is 0 Å². The molecule has 5 heteroatoms. The summed E-state index contributed by atoms with van der Waals surface area (Å²) in [6, 6.07) is 16.3. The van der Waals surface area contributed by atoms with Crippen molar-refractivity contribution in [2.75, 3.05) is 5.01 Å². The Morgan fingerprint density at radius 1 is 1.10 bits per heavy atom. The van der Waals surface area contributed by atoms with Crippen LogP contribution in [0.2, 0.25) is 0 Å². The van der Waals surface area contributed by atoms with Crippen molar-refractivity contribution in [3.05, 3.63) is 64.1 Å². The van der Waals surface area contributed by atoms with E-state index in [1.54, 1.807) is 11.8 Å². The van der Waals surface area contributed by atoms with Crippen LogP contribution in [-0.2, 0) is 0 Å². The van der Waals surface area contributed by atoms with E-state index in [0.717, 1.165) is 20.8 Å². The molecule has 0 saturated carbocycles. The van der Waals surface area contributed by atoms with Crippen LogP contribution in [0, 0.1) is 6.92 Å². The number of aryl methyl sites for hydroxylation is 1. The quantitative estimate of drug-likeness (QED) is 0.895. The molecule has 2 aromatic carbocycles. The molecule has 0 spiro atoms. The minimum Gasteiger partial charge on any atom is -0.301 e. The molecule has 1 aliphatic rings. The van der Waals surface area contributed by atoms with Gasteiger partial charge in [0.05, 0.1) is 5.69 Å². The average Bonchev–Trinajstić information content (AvgIpc) is 2.82. The number of hydrogen-bond acceptors (Lipinski definition) is 4. The van der Waals surface area contributed by atoms with Crippen LogP contribution in [0.3, 0.4) is 0 Å². The predicted molar refractivity (Wildman–Crippen MR) is 89.9 cm³/mol. The molecule has 0 bridgehead atoms. The monoisotopic (exact) mass is 347 g/mol. The molecule has 20 heavy (non-hydrogen) atoms. The topological polar surface area (TPSA) is 41.6 Å². The van der Waals surface area contributed by atoms with Crippen molar-refractivity contribution in [3.8, 4) is 0 Å². The Bertz CT molecular complexity index is 637. The van der Waals surface area contributed by atoms with Gasteiger partial charge in [-0.2, -0.15) is 5.10 Å². The van der Waals surface area contributed by atoms with E-state index in [2.05, 4.69) is 40.1 Å². The van der Waals surface area contributed by atoms with Crippen molar-refractivity contribution in [3.63, 3.8) is 0 Å². The fourth-order valence-corrected chi connectivity index (χ4v) is 3.13. The van der Waals surface area contributed by atoms with E-state index in [1.165, 1.54) is 5.56 Å². The van der Waals surface area contributed by atoms with E-state index in [-0.39, 0.29) is 5.50 Å². The minimum absolute atomic E-state index is 0.184. The molecule has 0 aromatic heterocycles. The van der Waals surface area contributed by atoms with Crippen LogP contribution in [-0.4, -0.2) is 10.5 Å². The van der Waals surface area contributed by atoms with Crippen molar-refractivity contribution in [2.45, 2.75) is 12.4 Å². The molecular formula is C15H14BrN3S. The van der Waals surface area contributed by atoms with Crippen molar-refractivity contribution in [2.24, 2.45) is 10.8 Å². The largest absolute Gasteiger partial charge is 0.301 e. The molecule has 1 heterocycles. The average molecular weight is 348 g/mol. The molecule has 3 nitrogen and oxygen atoms in total. The number of anilines is 1. The van der Waals surface area contributed by atoms with Crippen LogP contribution in [0.25, 0.3) is 0 Å². The second-order valence-corrected chi connectivity index (χ2v) is 6.62. The Hall–Kier alpha value is -1.30. The SMILES string of the molecule is Cc1ccc(N2N=C(c3ccc(Br)cc3)SC2N)cc1. The Balaban J connectivity index is 1.90. The molecule has 3 rings (SSSR count). The standard InChI is InChI=1S/C15H14BrN3S/c1-10-2-8-13(9-3-10)19-15(17)20-14(18-19)11-4-6-12(16)7-5-11/h2-9,15H,17H2,1H3. The van der Waals surface area contributed by atoms with Gasteiger partial charge in [0.15, 0.2) is 5.50 Å². The summed E-state index contributed by atoms with van der Waals surface area (Å²) in [6.07, 6.45) is 0. The highest BCUT2D eigenvalue weighted by molar-refractivity contribution is 9.10. The first-order valence-corrected chi connectivity index (χ1v) is 7.93. The van der Waals surface area contributed by atoms with Crippen LogP contribution < -0.4 is 10.7 Å². The molecule has 2 aromatic rings. The predicted octanol–water partition coefficient (Wildman–Crippen LogP) is 3.91. The number of thioether (sulfide) groups is 1. The van der Waals surface area contributed by atoms with E-state index in [1.807, 2.05) is 41.4 Å². The van der Waals surface area contributed by atoms with Gasteiger partial charge in [-0.25, -0.2) is 5.01 Å². The first-order chi connectivity index (χ1) is 9.63. The number of halogens is 1. The zero-order valence-corrected chi connectivity index (χ0v) is 13.4. The van der Waals surface area contributed by atoms with Gasteiger partial charge in [0.2, 0.25) is 0 Å². The van der Waals surface area contributed by atoms with Crippen molar-refractivity contribution in [1.29, 1.82) is 0 Å². The fraction of sp³-hybridized carbons (Fsp3) is 0.133. The molecule has 2 N–H and O–H groups in total. The van der Waals surface area contributed by atoms with Crippen LogP contribution >= 0.6 is 27.7 Å². The third-order valence-electron chi connectivity index (χ3n) is 3.06. The van der Waals surface area contributed by atoms with Gasteiger partial charge in [0.1, 0.15) is 5.04 Å². The number of rotatable bonds is 2. The lowest BCUT2D eigenvalue weighted by atomic mass is 10.2. The Kier molecular flexibility index (Phi) is 3.83. The van der Waals surface area contributed by atoms with Gasteiger partial charge in [0, 0.05) is 10.0 Å². The molecule has 1 unspecified atom stereocenters. The Labute approximate surface area is 131 Å². The van der Waals surface area contributed by atoms with Gasteiger partial charge in [-0.3, -0.25) is 0 Å². The lowest BCUT2D eigenvalue weighted by Crippen LogP contribution is -2.31. The second kappa shape index (κ2) is 5.60. The number of nitrogens with two attached hydrogens (primary N) is 1. The summed E-state index contributed by atoms with van der Waals surface area (Å²) >= 11 is 5.01. The van der Waals surface area contributed by atoms with Crippen LogP contribution in [0.5, 0.6) is 0 Å². The summed E-state index contributed by atoms with van der Waals surface area (Å²) < 4.78 is 1.06. The zero-order valence-electron chi connectivity index (χ0n) is 11.0. The normalized spacial score (nSPS) is 18.2. The summed E-state index contributed by atoms with van der Waals surface area (Å²) in [5.41, 5.74) is 9.32. The smallest absolute Gasteiger partial charge is 0.152 e. The summed E-state index contributed by atoms with van der Waals surface area (Å²) in [5.74, 6) is 0. The fourth-order valence-electron chi connectivity index (χ4n) is 1.96. The lowest BCUT2D eigenvalue weighted by Gasteiger charge is -2.18. The third kappa shape index (κ3) is 2.75. The molecule has 102 valence electrons. The van der Waals surface area contributed by atoms with Gasteiger partial charge in [0.25, 0.3) is 0 Å². The van der Waals surface area contributed by atoms with E-state index in [4.69, 9.17) is 5.73 Å². The molecule has 1 atom stereocenters. The second-order valence-electron chi connectivity index (χ2n) is 4.60. The molecule has 0 fully saturated rings. The highest BCUT2D eigenvalue weighted by atomic mass is 79.9. The Morgan fingerprint density at radius 3 is 2.40 bits per heavy atom. The van der Waals surface area contributed by atoms with Crippen molar-refractivity contribution in [1.82, 2.24) is 0 Å². The van der Waals surface area contributed by atoms with E-state index < -0.39 is 0 Å². The molecule has 0 amide bonds. The van der Waals surface area contributed by atoms with Gasteiger partial charge < -0.3 is 5.73 Å². The molecular weight excluding hydrogens is 334 g/mol. The lowest BCUT2D eigenvalue weighted by molar-refractivity contribution is 0.833. The first kappa shape index (κ1) is 13.7. The molecule has 0 radical (unpaired) electrons. The van der Waals surface area contributed by atoms with Gasteiger partial charge in [-0.15, -0.1) is 0 Å². The number of nitrogens with zero attached hydrogens (tertiary/aromatic N) is 2. The molecule has 1 aliphatic heterocycles. The van der Waals surface area contributed by atoms with Crippen LogP contribution in [0.1, 0.15) is 11.1 Å². The maximum atomic E-state index is 6.17. The van der Waals surface area contributed by atoms with Crippen LogP contribution in [0.15, 0.2) is 58.1 Å². The van der Waals surface area contributed by atoms with E-state index >= 15 is 0 Å². The minimum atomic E-state index is -0.184. The summed E-state index contributed by atoms with van der Waals surface area (Å²) in [7, 11) is 0. The third-order valence-corrected chi connectivity index (χ3v) is 4.57. The van der Waals surface area contributed by atoms with Crippen molar-refractivity contribution >= 4 is 38.4 Å². The number of benzene rings is 2. The van der Waals surface area contributed by atoms with Crippen molar-refractivity contribution < 1.29 is 0 Å².